The van der Waals surface area contributed by atoms with Crippen molar-refractivity contribution in [2.24, 2.45) is 5.40 Å². The molecule has 11 heavy (non-hydrogen) atoms. The molecular weight excluding hydrogens is 152 g/mol. The molecule has 0 spiro atoms. The van der Waals surface area contributed by atoms with Crippen LogP contribution < -0.4 is 5.40 Å². The first kappa shape index (κ1) is 11.1. The largest absolute Gasteiger partial charge is 0.344 e. The predicted molar refractivity (Wildman–Crippen MR) is 54.1 cm³/mol. The molecule has 0 radical (unpaired) electrons. The molecule has 68 valence electrons. The summed E-state index contributed by atoms with van der Waals surface area (Å²) >= 11 is 0. The van der Waals surface area contributed by atoms with E-state index in [4.69, 9.17) is 5.40 Å². The summed E-state index contributed by atoms with van der Waals surface area (Å²) in [5, 5.41) is 5.81. The highest BCUT2D eigenvalue weighted by Gasteiger charge is 2.29. The Labute approximate surface area is 73.1 Å². The second-order valence-electron chi connectivity index (χ2n) is 4.95. The van der Waals surface area contributed by atoms with Crippen LogP contribution in [0.5, 0.6) is 0 Å². The summed E-state index contributed by atoms with van der Waals surface area (Å²) in [4.78, 5) is 0. The van der Waals surface area contributed by atoms with E-state index in [1.807, 2.05) is 0 Å². The molecule has 2 nitrogen and oxygen atoms in total. The van der Waals surface area contributed by atoms with Gasteiger partial charge in [-0.3, -0.25) is 0 Å². The number of hydrogen-bond acceptors (Lipinski definition) is 2. The lowest BCUT2D eigenvalue weighted by molar-refractivity contribution is 0.139. The molecule has 0 aliphatic carbocycles. The Morgan fingerprint density at radius 2 is 1.18 bits per heavy atom. The monoisotopic (exact) mass is 174 g/mol. The second-order valence-corrected chi connectivity index (χ2v) is 5.95. The summed E-state index contributed by atoms with van der Waals surface area (Å²) in [5.41, 5.74) is 0.443. The minimum Gasteiger partial charge on any atom is -0.344 e. The first-order valence-electron chi connectivity index (χ1n) is 4.17. The molecule has 0 aromatic carbocycles. The third kappa shape index (κ3) is 3.36. The molecule has 0 aliphatic heterocycles. The maximum absolute atomic E-state index is 5.81. The summed E-state index contributed by atoms with van der Waals surface area (Å²) in [5.74, 6) is 0. The quantitative estimate of drug-likeness (QED) is 0.597. The van der Waals surface area contributed by atoms with Gasteiger partial charge < -0.3 is 9.96 Å². The molecule has 0 aromatic rings. The van der Waals surface area contributed by atoms with Gasteiger partial charge >= 0.3 is 0 Å². The van der Waals surface area contributed by atoms with Gasteiger partial charge in [-0.15, -0.1) is 0 Å². The van der Waals surface area contributed by atoms with Crippen LogP contribution in [0, 0.1) is 0 Å². The fourth-order valence-electron chi connectivity index (χ4n) is 1.55. The van der Waals surface area contributed by atoms with Crippen molar-refractivity contribution in [2.45, 2.75) is 52.6 Å². The molecule has 0 atom stereocenters. The van der Waals surface area contributed by atoms with Crippen LogP contribution in [0.1, 0.15) is 41.5 Å². The number of nitrogens with two attached hydrogens (primary N) is 1. The summed E-state index contributed by atoms with van der Waals surface area (Å²) in [7, 11) is -0.547. The zero-order valence-corrected chi connectivity index (χ0v) is 10.1. The van der Waals surface area contributed by atoms with Crippen molar-refractivity contribution in [2.75, 3.05) is 0 Å². The zero-order chi connectivity index (χ0) is 9.28. The lowest BCUT2D eigenvalue weighted by atomic mass is 10.0. The summed E-state index contributed by atoms with van der Waals surface area (Å²) in [6.45, 7) is 13.3. The molecular formula is C8H22N2Si. The van der Waals surface area contributed by atoms with E-state index in [2.05, 4.69) is 46.1 Å². The van der Waals surface area contributed by atoms with Gasteiger partial charge in [-0.05, 0) is 41.5 Å². The van der Waals surface area contributed by atoms with Crippen LogP contribution in [0.15, 0.2) is 0 Å². The molecule has 0 fully saturated rings. The molecule has 0 aromatic heterocycles. The minimum atomic E-state index is -0.547. The van der Waals surface area contributed by atoms with E-state index in [-0.39, 0.29) is 11.1 Å². The highest BCUT2D eigenvalue weighted by Crippen LogP contribution is 2.21. The van der Waals surface area contributed by atoms with E-state index in [0.29, 0.717) is 0 Å². The summed E-state index contributed by atoms with van der Waals surface area (Å²) in [6.07, 6.45) is 0. The van der Waals surface area contributed by atoms with Crippen molar-refractivity contribution in [3.05, 3.63) is 0 Å². The third-order valence-corrected chi connectivity index (χ3v) is 4.06. The Morgan fingerprint density at radius 3 is 1.18 bits per heavy atom. The van der Waals surface area contributed by atoms with Crippen LogP contribution in [0.2, 0.25) is 0 Å². The molecule has 0 aliphatic rings. The van der Waals surface area contributed by atoms with Crippen LogP contribution in [0.25, 0.3) is 0 Å². The van der Waals surface area contributed by atoms with Crippen LogP contribution in [0.3, 0.4) is 0 Å². The van der Waals surface area contributed by atoms with Gasteiger partial charge in [-0.2, -0.15) is 0 Å². The molecule has 0 amide bonds. The van der Waals surface area contributed by atoms with E-state index in [9.17, 15) is 0 Å². The first-order chi connectivity index (χ1) is 4.69. The Morgan fingerprint density at radius 1 is 0.909 bits per heavy atom. The SMILES string of the molecule is CC(C)(C)N([SiH2]N)C(C)(C)C. The molecule has 3 heteroatoms. The maximum Gasteiger partial charge on any atom is 0.168 e. The lowest BCUT2D eigenvalue weighted by Crippen LogP contribution is -2.56. The van der Waals surface area contributed by atoms with Crippen LogP contribution >= 0.6 is 0 Å². The topological polar surface area (TPSA) is 29.3 Å². The molecule has 2 N–H and O–H groups in total. The summed E-state index contributed by atoms with van der Waals surface area (Å²) in [6, 6.07) is 0. The van der Waals surface area contributed by atoms with Gasteiger partial charge in [0.2, 0.25) is 0 Å². The predicted octanol–water partition coefficient (Wildman–Crippen LogP) is 0.843. The van der Waals surface area contributed by atoms with Crippen LogP contribution in [0.4, 0.5) is 0 Å². The third-order valence-electron chi connectivity index (χ3n) is 1.80. The van der Waals surface area contributed by atoms with Crippen molar-refractivity contribution in [3.8, 4) is 0 Å². The van der Waals surface area contributed by atoms with Crippen molar-refractivity contribution >= 4 is 9.84 Å². The molecule has 0 bridgehead atoms. The maximum atomic E-state index is 5.81. The van der Waals surface area contributed by atoms with Crippen LogP contribution in [-0.4, -0.2) is 25.5 Å². The van der Waals surface area contributed by atoms with E-state index < -0.39 is 9.84 Å². The number of hydrogen-bond donors (Lipinski definition) is 1. The first-order valence-corrected chi connectivity index (χ1v) is 5.62. The van der Waals surface area contributed by atoms with Crippen LogP contribution in [-0.2, 0) is 0 Å². The van der Waals surface area contributed by atoms with Gasteiger partial charge in [0, 0.05) is 11.1 Å². The Bertz CT molecular complexity index is 107. The van der Waals surface area contributed by atoms with Gasteiger partial charge in [0.1, 0.15) is 0 Å². The van der Waals surface area contributed by atoms with Gasteiger partial charge in [-0.1, -0.05) is 0 Å². The smallest absolute Gasteiger partial charge is 0.168 e. The van der Waals surface area contributed by atoms with Gasteiger partial charge in [-0.25, -0.2) is 0 Å². The Hall–Kier alpha value is 0.137. The summed E-state index contributed by atoms with van der Waals surface area (Å²) < 4.78 is 2.42. The highest BCUT2D eigenvalue weighted by molar-refractivity contribution is 6.27. The molecule has 0 saturated carbocycles. The second kappa shape index (κ2) is 3.25. The average Bonchev–Trinajstić information content (AvgIpc) is 1.56. The lowest BCUT2D eigenvalue weighted by Gasteiger charge is -2.44. The van der Waals surface area contributed by atoms with E-state index >= 15 is 0 Å². The fraction of sp³-hybridized carbons (Fsp3) is 1.00. The molecule has 0 unspecified atom stereocenters. The van der Waals surface area contributed by atoms with Gasteiger partial charge in [0.05, 0.1) is 0 Å². The van der Waals surface area contributed by atoms with Crippen molar-refractivity contribution < 1.29 is 0 Å². The number of nitrogens with zero attached hydrogens (tertiary/aromatic N) is 1. The normalized spacial score (nSPS) is 15.3. The van der Waals surface area contributed by atoms with E-state index in [1.165, 1.54) is 0 Å². The Balaban J connectivity index is 4.43. The molecule has 0 saturated heterocycles. The Kier molecular flexibility index (Phi) is 3.29. The molecule has 0 rings (SSSR count). The van der Waals surface area contributed by atoms with Crippen molar-refractivity contribution in [3.63, 3.8) is 0 Å². The zero-order valence-electron chi connectivity index (χ0n) is 8.73. The van der Waals surface area contributed by atoms with E-state index in [0.717, 1.165) is 0 Å². The van der Waals surface area contributed by atoms with E-state index in [1.54, 1.807) is 0 Å². The molecule has 0 heterocycles. The van der Waals surface area contributed by atoms with Gasteiger partial charge in [0.15, 0.2) is 9.84 Å². The minimum absolute atomic E-state index is 0.221. The fourth-order valence-corrected chi connectivity index (χ4v) is 2.65. The average molecular weight is 174 g/mol. The van der Waals surface area contributed by atoms with Gasteiger partial charge in [0.25, 0.3) is 0 Å². The standard InChI is InChI=1S/C8H22N2Si/c1-7(2,3)10(11-9)8(4,5)6/h9,11H2,1-6H3. The van der Waals surface area contributed by atoms with Crippen molar-refractivity contribution in [1.82, 2.24) is 4.57 Å². The number of rotatable bonds is 1. The van der Waals surface area contributed by atoms with Crippen molar-refractivity contribution in [1.29, 1.82) is 0 Å². The highest BCUT2D eigenvalue weighted by atomic mass is 28.2.